The molecule has 102 valence electrons. The predicted molar refractivity (Wildman–Crippen MR) is 69.9 cm³/mol. The Balaban J connectivity index is 2.07. The molecule has 1 aliphatic carbocycles. The SMILES string of the molecule is CC1CC=CCC1COc1ccc(F)cc1C(=O)O. The van der Waals surface area contributed by atoms with Crippen molar-refractivity contribution in [1.82, 2.24) is 0 Å². The van der Waals surface area contributed by atoms with E-state index >= 15 is 0 Å². The fourth-order valence-electron chi connectivity index (χ4n) is 2.23. The predicted octanol–water partition coefficient (Wildman–Crippen LogP) is 3.51. The molecule has 2 rings (SSSR count). The maximum absolute atomic E-state index is 13.0. The molecule has 19 heavy (non-hydrogen) atoms. The van der Waals surface area contributed by atoms with Crippen LogP contribution in [0.15, 0.2) is 30.4 Å². The largest absolute Gasteiger partial charge is 0.492 e. The second kappa shape index (κ2) is 5.87. The average Bonchev–Trinajstić information content (AvgIpc) is 2.38. The molecule has 0 amide bonds. The number of hydrogen-bond donors (Lipinski definition) is 1. The van der Waals surface area contributed by atoms with E-state index in [1.807, 2.05) is 0 Å². The van der Waals surface area contributed by atoms with Crippen molar-refractivity contribution in [2.45, 2.75) is 19.8 Å². The van der Waals surface area contributed by atoms with Crippen molar-refractivity contribution < 1.29 is 19.0 Å². The molecule has 1 aromatic carbocycles. The van der Waals surface area contributed by atoms with Gasteiger partial charge in [0.1, 0.15) is 17.1 Å². The molecule has 1 aliphatic rings. The van der Waals surface area contributed by atoms with Crippen LogP contribution in [0.1, 0.15) is 30.1 Å². The van der Waals surface area contributed by atoms with E-state index in [1.165, 1.54) is 12.1 Å². The average molecular weight is 264 g/mol. The van der Waals surface area contributed by atoms with Crippen LogP contribution >= 0.6 is 0 Å². The van der Waals surface area contributed by atoms with Crippen molar-refractivity contribution in [3.8, 4) is 5.75 Å². The molecule has 3 nitrogen and oxygen atoms in total. The first-order valence-electron chi connectivity index (χ1n) is 6.38. The van der Waals surface area contributed by atoms with E-state index in [9.17, 15) is 9.18 Å². The summed E-state index contributed by atoms with van der Waals surface area (Å²) in [5.74, 6) is -0.629. The van der Waals surface area contributed by atoms with Gasteiger partial charge in [0.2, 0.25) is 0 Å². The summed E-state index contributed by atoms with van der Waals surface area (Å²) in [5, 5.41) is 9.02. The van der Waals surface area contributed by atoms with E-state index in [0.717, 1.165) is 18.9 Å². The van der Waals surface area contributed by atoms with Gasteiger partial charge >= 0.3 is 5.97 Å². The van der Waals surface area contributed by atoms with Crippen LogP contribution in [0.4, 0.5) is 4.39 Å². The van der Waals surface area contributed by atoms with Gasteiger partial charge in [-0.3, -0.25) is 0 Å². The van der Waals surface area contributed by atoms with Crippen molar-refractivity contribution in [1.29, 1.82) is 0 Å². The summed E-state index contributed by atoms with van der Waals surface area (Å²) in [6, 6.07) is 3.58. The van der Waals surface area contributed by atoms with Gasteiger partial charge in [0.05, 0.1) is 6.61 Å². The summed E-state index contributed by atoms with van der Waals surface area (Å²) in [6.07, 6.45) is 6.23. The number of benzene rings is 1. The van der Waals surface area contributed by atoms with Crippen molar-refractivity contribution in [3.63, 3.8) is 0 Å². The lowest BCUT2D eigenvalue weighted by atomic mass is 9.85. The molecule has 0 saturated heterocycles. The molecular formula is C15H17FO3. The van der Waals surface area contributed by atoms with E-state index in [4.69, 9.17) is 9.84 Å². The first-order valence-corrected chi connectivity index (χ1v) is 6.38. The minimum absolute atomic E-state index is 0.126. The third kappa shape index (κ3) is 3.34. The summed E-state index contributed by atoms with van der Waals surface area (Å²) < 4.78 is 18.6. The topological polar surface area (TPSA) is 46.5 Å². The van der Waals surface area contributed by atoms with E-state index in [-0.39, 0.29) is 11.3 Å². The second-order valence-electron chi connectivity index (χ2n) is 4.94. The van der Waals surface area contributed by atoms with E-state index in [2.05, 4.69) is 19.1 Å². The Kier molecular flexibility index (Phi) is 4.20. The summed E-state index contributed by atoms with van der Waals surface area (Å²) >= 11 is 0. The van der Waals surface area contributed by atoms with Gasteiger partial charge in [0.15, 0.2) is 0 Å². The molecule has 0 aromatic heterocycles. The minimum Gasteiger partial charge on any atom is -0.492 e. The normalized spacial score (nSPS) is 22.2. The minimum atomic E-state index is -1.17. The Morgan fingerprint density at radius 2 is 2.16 bits per heavy atom. The number of aromatic carboxylic acids is 1. The highest BCUT2D eigenvalue weighted by Crippen LogP contribution is 2.27. The highest BCUT2D eigenvalue weighted by Gasteiger charge is 2.20. The molecule has 0 heterocycles. The third-order valence-electron chi connectivity index (χ3n) is 3.54. The van der Waals surface area contributed by atoms with Crippen molar-refractivity contribution in [2.75, 3.05) is 6.61 Å². The molecule has 0 spiro atoms. The van der Waals surface area contributed by atoms with Gasteiger partial charge in [-0.2, -0.15) is 0 Å². The smallest absolute Gasteiger partial charge is 0.339 e. The molecule has 2 unspecified atom stereocenters. The number of allylic oxidation sites excluding steroid dienone is 2. The lowest BCUT2D eigenvalue weighted by Crippen LogP contribution is -2.21. The number of halogens is 1. The zero-order chi connectivity index (χ0) is 13.8. The first-order chi connectivity index (χ1) is 9.08. The Morgan fingerprint density at radius 1 is 1.42 bits per heavy atom. The van der Waals surface area contributed by atoms with Gasteiger partial charge in [-0.15, -0.1) is 0 Å². The van der Waals surface area contributed by atoms with Crippen LogP contribution in [0.2, 0.25) is 0 Å². The molecule has 2 atom stereocenters. The Labute approximate surface area is 111 Å². The Morgan fingerprint density at radius 3 is 2.84 bits per heavy atom. The number of rotatable bonds is 4. The number of hydrogen-bond acceptors (Lipinski definition) is 2. The summed E-state index contributed by atoms with van der Waals surface area (Å²) in [4.78, 5) is 11.0. The summed E-state index contributed by atoms with van der Waals surface area (Å²) in [5.41, 5.74) is -0.126. The van der Waals surface area contributed by atoms with E-state index in [1.54, 1.807) is 0 Å². The summed E-state index contributed by atoms with van der Waals surface area (Å²) in [7, 11) is 0. The number of ether oxygens (including phenoxy) is 1. The molecule has 4 heteroatoms. The van der Waals surface area contributed by atoms with Crippen LogP contribution in [-0.2, 0) is 0 Å². The lowest BCUT2D eigenvalue weighted by molar-refractivity contribution is 0.0689. The monoisotopic (exact) mass is 264 g/mol. The van der Waals surface area contributed by atoms with Crippen molar-refractivity contribution >= 4 is 5.97 Å². The lowest BCUT2D eigenvalue weighted by Gasteiger charge is -2.25. The van der Waals surface area contributed by atoms with Gasteiger partial charge in [-0.25, -0.2) is 9.18 Å². The maximum atomic E-state index is 13.0. The molecule has 0 fully saturated rings. The first kappa shape index (κ1) is 13.6. The fraction of sp³-hybridized carbons (Fsp3) is 0.400. The summed E-state index contributed by atoms with van der Waals surface area (Å²) in [6.45, 7) is 2.61. The van der Waals surface area contributed by atoms with Gasteiger partial charge in [-0.1, -0.05) is 19.1 Å². The van der Waals surface area contributed by atoms with Crippen LogP contribution in [0.5, 0.6) is 5.75 Å². The van der Waals surface area contributed by atoms with Crippen LogP contribution in [0, 0.1) is 17.7 Å². The standard InChI is InChI=1S/C15H17FO3/c1-10-4-2-3-5-11(10)9-19-14-7-6-12(16)8-13(14)15(17)18/h2-3,6-8,10-11H,4-5,9H2,1H3,(H,17,18). The van der Waals surface area contributed by atoms with E-state index < -0.39 is 11.8 Å². The van der Waals surface area contributed by atoms with Gasteiger partial charge in [0, 0.05) is 0 Å². The molecule has 0 radical (unpaired) electrons. The molecule has 0 aliphatic heterocycles. The number of carbonyl (C=O) groups is 1. The molecular weight excluding hydrogens is 247 g/mol. The Bertz CT molecular complexity index is 496. The van der Waals surface area contributed by atoms with Gasteiger partial charge < -0.3 is 9.84 Å². The van der Waals surface area contributed by atoms with Gasteiger partial charge in [-0.05, 0) is 42.9 Å². The van der Waals surface area contributed by atoms with Crippen LogP contribution < -0.4 is 4.74 Å². The molecule has 0 bridgehead atoms. The molecule has 1 aromatic rings. The quantitative estimate of drug-likeness (QED) is 0.846. The highest BCUT2D eigenvalue weighted by molar-refractivity contribution is 5.90. The molecule has 1 N–H and O–H groups in total. The van der Waals surface area contributed by atoms with Crippen LogP contribution in [-0.4, -0.2) is 17.7 Å². The van der Waals surface area contributed by atoms with Crippen molar-refractivity contribution in [3.05, 3.63) is 41.7 Å². The van der Waals surface area contributed by atoms with Crippen molar-refractivity contribution in [2.24, 2.45) is 11.8 Å². The third-order valence-corrected chi connectivity index (χ3v) is 3.54. The number of carboxylic acids is 1. The van der Waals surface area contributed by atoms with Gasteiger partial charge in [0.25, 0.3) is 0 Å². The highest BCUT2D eigenvalue weighted by atomic mass is 19.1. The fourth-order valence-corrected chi connectivity index (χ4v) is 2.23. The zero-order valence-electron chi connectivity index (χ0n) is 10.8. The van der Waals surface area contributed by atoms with Crippen LogP contribution in [0.3, 0.4) is 0 Å². The molecule has 0 saturated carbocycles. The maximum Gasteiger partial charge on any atom is 0.339 e. The zero-order valence-corrected chi connectivity index (χ0v) is 10.8. The van der Waals surface area contributed by atoms with Crippen LogP contribution in [0.25, 0.3) is 0 Å². The second-order valence-corrected chi connectivity index (χ2v) is 4.94. The number of carboxylic acid groups (broad SMARTS) is 1. The van der Waals surface area contributed by atoms with E-state index in [0.29, 0.717) is 18.4 Å². The Hall–Kier alpha value is -1.84.